The molecule has 9 heteroatoms. The van der Waals surface area contributed by atoms with Gasteiger partial charge in [-0.15, -0.1) is 10.2 Å². The Labute approximate surface area is 80.3 Å². The van der Waals surface area contributed by atoms with Crippen molar-refractivity contribution >= 4 is 22.5 Å². The number of hydrogen-bond donors (Lipinski definition) is 2. The average Bonchev–Trinajstić information content (AvgIpc) is 2.51. The molecule has 5 nitrogen and oxygen atoms in total. The fourth-order valence-corrected chi connectivity index (χ4v) is 1.15. The van der Waals surface area contributed by atoms with E-state index in [1.165, 1.54) is 7.05 Å². The van der Waals surface area contributed by atoms with E-state index < -0.39 is 17.2 Å². The zero-order chi connectivity index (χ0) is 10.8. The third-order valence-electron chi connectivity index (χ3n) is 1.12. The number of nitrogens with zero attached hydrogens (tertiary/aromatic N) is 2. The fourth-order valence-electron chi connectivity index (χ4n) is 0.548. The topological polar surface area (TPSA) is 66.9 Å². The highest BCUT2D eigenvalue weighted by molar-refractivity contribution is 7.15. The van der Waals surface area contributed by atoms with Gasteiger partial charge in [-0.25, -0.2) is 4.79 Å². The molecule has 0 saturated carbocycles. The number of nitrogens with one attached hydrogen (secondary N) is 2. The molecule has 0 spiro atoms. The van der Waals surface area contributed by atoms with Gasteiger partial charge in [-0.3, -0.25) is 5.32 Å². The first-order chi connectivity index (χ1) is 6.43. The minimum atomic E-state index is -4.53. The van der Waals surface area contributed by atoms with Gasteiger partial charge in [-0.05, 0) is 0 Å². The SMILES string of the molecule is CNC(=O)Nc1nnc(C(F)(F)F)s1. The number of aromatic nitrogens is 2. The van der Waals surface area contributed by atoms with Gasteiger partial charge in [0.15, 0.2) is 0 Å². The summed E-state index contributed by atoms with van der Waals surface area (Å²) in [5, 5.41) is 8.98. The van der Waals surface area contributed by atoms with Gasteiger partial charge in [0.2, 0.25) is 10.1 Å². The normalized spacial score (nSPS) is 11.1. The minimum Gasteiger partial charge on any atom is -0.341 e. The van der Waals surface area contributed by atoms with Crippen molar-refractivity contribution in [3.63, 3.8) is 0 Å². The Morgan fingerprint density at radius 2 is 2.07 bits per heavy atom. The standard InChI is InChI=1S/C5H5F3N4OS/c1-9-3(13)10-4-12-11-2(14-4)5(6,7)8/h1H3,(H2,9,10,12,13). The Bertz CT molecular complexity index is 336. The fraction of sp³-hybridized carbons (Fsp3) is 0.400. The molecule has 0 saturated heterocycles. The molecule has 2 N–H and O–H groups in total. The molecule has 1 aromatic rings. The molecule has 1 heterocycles. The number of urea groups is 1. The van der Waals surface area contributed by atoms with Crippen molar-refractivity contribution in [2.45, 2.75) is 6.18 Å². The molecular formula is C5H5F3N4OS. The lowest BCUT2D eigenvalue weighted by Gasteiger charge is -1.98. The van der Waals surface area contributed by atoms with E-state index >= 15 is 0 Å². The predicted molar refractivity (Wildman–Crippen MR) is 43.0 cm³/mol. The Morgan fingerprint density at radius 3 is 2.50 bits per heavy atom. The van der Waals surface area contributed by atoms with Crippen molar-refractivity contribution in [3.05, 3.63) is 5.01 Å². The zero-order valence-corrected chi connectivity index (χ0v) is 7.66. The second kappa shape index (κ2) is 3.78. The second-order valence-electron chi connectivity index (χ2n) is 2.11. The van der Waals surface area contributed by atoms with Crippen molar-refractivity contribution in [3.8, 4) is 0 Å². The van der Waals surface area contributed by atoms with Crippen LogP contribution in [0.5, 0.6) is 0 Å². The summed E-state index contributed by atoms with van der Waals surface area (Å²) >= 11 is 0.264. The van der Waals surface area contributed by atoms with Crippen LogP contribution >= 0.6 is 11.3 Å². The molecular weight excluding hydrogens is 221 g/mol. The number of rotatable bonds is 1. The molecule has 0 atom stereocenters. The van der Waals surface area contributed by atoms with Crippen molar-refractivity contribution in [2.75, 3.05) is 12.4 Å². The number of amides is 2. The number of halogens is 3. The van der Waals surface area contributed by atoms with Gasteiger partial charge < -0.3 is 5.32 Å². The monoisotopic (exact) mass is 226 g/mol. The van der Waals surface area contributed by atoms with Gasteiger partial charge in [-0.1, -0.05) is 11.3 Å². The van der Waals surface area contributed by atoms with Gasteiger partial charge in [0.05, 0.1) is 0 Å². The summed E-state index contributed by atoms with van der Waals surface area (Å²) in [6.07, 6.45) is -4.53. The maximum Gasteiger partial charge on any atom is 0.445 e. The molecule has 0 radical (unpaired) electrons. The van der Waals surface area contributed by atoms with Crippen LogP contribution in [0.1, 0.15) is 5.01 Å². The summed E-state index contributed by atoms with van der Waals surface area (Å²) in [5.41, 5.74) is 0. The second-order valence-corrected chi connectivity index (χ2v) is 3.09. The summed E-state index contributed by atoms with van der Waals surface area (Å²) < 4.78 is 36.0. The molecule has 0 aliphatic heterocycles. The van der Waals surface area contributed by atoms with Crippen LogP contribution in [0.4, 0.5) is 23.1 Å². The molecule has 0 bridgehead atoms. The maximum atomic E-state index is 12.0. The van der Waals surface area contributed by atoms with Gasteiger partial charge in [0.1, 0.15) is 0 Å². The van der Waals surface area contributed by atoms with Crippen LogP contribution in [0.2, 0.25) is 0 Å². The third-order valence-corrected chi connectivity index (χ3v) is 2.00. The summed E-state index contributed by atoms with van der Waals surface area (Å²) in [6.45, 7) is 0. The Kier molecular flexibility index (Phi) is 2.89. The molecule has 1 aromatic heterocycles. The van der Waals surface area contributed by atoms with Crippen molar-refractivity contribution in [2.24, 2.45) is 0 Å². The van der Waals surface area contributed by atoms with E-state index in [1.807, 2.05) is 0 Å². The van der Waals surface area contributed by atoms with Crippen LogP contribution < -0.4 is 10.6 Å². The third kappa shape index (κ3) is 2.55. The Morgan fingerprint density at radius 1 is 1.43 bits per heavy atom. The first kappa shape index (κ1) is 10.7. The highest BCUT2D eigenvalue weighted by atomic mass is 32.1. The number of carbonyl (C=O) groups is 1. The van der Waals surface area contributed by atoms with Crippen molar-refractivity contribution < 1.29 is 18.0 Å². The first-order valence-corrected chi connectivity index (χ1v) is 4.14. The number of anilines is 1. The summed E-state index contributed by atoms with van der Waals surface area (Å²) in [7, 11) is 1.33. The van der Waals surface area contributed by atoms with Gasteiger partial charge in [0.25, 0.3) is 0 Å². The largest absolute Gasteiger partial charge is 0.445 e. The highest BCUT2D eigenvalue weighted by Crippen LogP contribution is 2.32. The molecule has 0 unspecified atom stereocenters. The molecule has 1 rings (SSSR count). The summed E-state index contributed by atoms with van der Waals surface area (Å²) in [6, 6.07) is -0.644. The molecule has 0 fully saturated rings. The van der Waals surface area contributed by atoms with E-state index in [-0.39, 0.29) is 16.5 Å². The molecule has 0 aliphatic rings. The number of hydrogen-bond acceptors (Lipinski definition) is 4. The van der Waals surface area contributed by atoms with E-state index in [0.717, 1.165) is 0 Å². The minimum absolute atomic E-state index is 0.198. The van der Waals surface area contributed by atoms with Crippen LogP contribution in [-0.2, 0) is 6.18 Å². The maximum absolute atomic E-state index is 12.0. The first-order valence-electron chi connectivity index (χ1n) is 3.33. The van der Waals surface area contributed by atoms with Crippen molar-refractivity contribution in [1.82, 2.24) is 15.5 Å². The van der Waals surface area contributed by atoms with E-state index in [1.54, 1.807) is 0 Å². The van der Waals surface area contributed by atoms with E-state index in [9.17, 15) is 18.0 Å². The van der Waals surface area contributed by atoms with Crippen LogP contribution in [0.3, 0.4) is 0 Å². The molecule has 0 aliphatic carbocycles. The van der Waals surface area contributed by atoms with E-state index in [2.05, 4.69) is 20.8 Å². The quantitative estimate of drug-likeness (QED) is 0.758. The zero-order valence-electron chi connectivity index (χ0n) is 6.84. The Balaban J connectivity index is 2.74. The highest BCUT2D eigenvalue weighted by Gasteiger charge is 2.35. The van der Waals surface area contributed by atoms with Crippen LogP contribution in [-0.4, -0.2) is 23.3 Å². The predicted octanol–water partition coefficient (Wildman–Crippen LogP) is 1.31. The van der Waals surface area contributed by atoms with Gasteiger partial charge in [-0.2, -0.15) is 13.2 Å². The number of alkyl halides is 3. The molecule has 78 valence electrons. The van der Waals surface area contributed by atoms with Gasteiger partial charge in [0, 0.05) is 7.05 Å². The van der Waals surface area contributed by atoms with Gasteiger partial charge >= 0.3 is 12.2 Å². The summed E-state index contributed by atoms with van der Waals surface area (Å²) in [4.78, 5) is 10.7. The average molecular weight is 226 g/mol. The molecule has 14 heavy (non-hydrogen) atoms. The Hall–Kier alpha value is -1.38. The van der Waals surface area contributed by atoms with Crippen LogP contribution in [0, 0.1) is 0 Å². The molecule has 2 amide bonds. The van der Waals surface area contributed by atoms with Crippen LogP contribution in [0.15, 0.2) is 0 Å². The van der Waals surface area contributed by atoms with E-state index in [4.69, 9.17) is 0 Å². The lowest BCUT2D eigenvalue weighted by Crippen LogP contribution is -2.24. The lowest BCUT2D eigenvalue weighted by atomic mass is 10.7. The molecule has 0 aromatic carbocycles. The lowest BCUT2D eigenvalue weighted by molar-refractivity contribution is -0.138. The smallest absolute Gasteiger partial charge is 0.341 e. The van der Waals surface area contributed by atoms with E-state index in [0.29, 0.717) is 0 Å². The van der Waals surface area contributed by atoms with Crippen LogP contribution in [0.25, 0.3) is 0 Å². The van der Waals surface area contributed by atoms with Crippen molar-refractivity contribution in [1.29, 1.82) is 0 Å². The number of carbonyl (C=O) groups excluding carboxylic acids is 1. The summed E-state index contributed by atoms with van der Waals surface area (Å²) in [5.74, 6) is 0.